The second-order valence-electron chi connectivity index (χ2n) is 18.6. The third kappa shape index (κ3) is 21.1. The normalized spacial score (nSPS) is 14.1. The number of ketones is 1. The number of amides is 1. The van der Waals surface area contributed by atoms with E-state index in [1.807, 2.05) is 30.3 Å². The number of carbonyl (C=O) groups is 5. The van der Waals surface area contributed by atoms with E-state index in [1.54, 1.807) is 92.7 Å². The fourth-order valence-electron chi connectivity index (χ4n) is 6.34. The van der Waals surface area contributed by atoms with E-state index >= 15 is 0 Å². The van der Waals surface area contributed by atoms with Crippen LogP contribution in [0.2, 0.25) is 0 Å². The number of carbonyl (C=O) groups excluding carboxylic acids is 5. The van der Waals surface area contributed by atoms with Crippen LogP contribution < -0.4 is 10.1 Å². The maximum Gasteiger partial charge on any atom is 0.340 e. The number of allylic oxidation sites excluding steroid dienone is 1. The van der Waals surface area contributed by atoms with Gasteiger partial charge in [-0.25, -0.2) is 9.59 Å². The maximum atomic E-state index is 14.5. The van der Waals surface area contributed by atoms with Crippen LogP contribution in [0, 0.1) is 5.92 Å². The van der Waals surface area contributed by atoms with Gasteiger partial charge in [0.15, 0.2) is 5.60 Å². The van der Waals surface area contributed by atoms with Gasteiger partial charge in [0.2, 0.25) is 5.91 Å². The van der Waals surface area contributed by atoms with E-state index in [2.05, 4.69) is 12.2 Å². The van der Waals surface area contributed by atoms with Crippen LogP contribution in [0.15, 0.2) is 66.7 Å². The highest BCUT2D eigenvalue weighted by atomic mass is 16.6. The summed E-state index contributed by atoms with van der Waals surface area (Å²) in [6.45, 7) is 17.1. The highest BCUT2D eigenvalue weighted by Gasteiger charge is 2.52. The first-order chi connectivity index (χ1) is 28.0. The Morgan fingerprint density at radius 1 is 0.667 bits per heavy atom. The number of unbranched alkanes of at least 4 members (excludes halogenated alkanes) is 8. The number of esters is 3. The Labute approximate surface area is 359 Å². The third-order valence-electron chi connectivity index (χ3n) is 9.20. The lowest BCUT2D eigenvalue weighted by atomic mass is 9.82. The van der Waals surface area contributed by atoms with E-state index in [4.69, 9.17) is 18.9 Å². The molecule has 0 radical (unpaired) electrons. The molecule has 2 aromatic carbocycles. The molecule has 3 atom stereocenters. The predicted octanol–water partition coefficient (Wildman–Crippen LogP) is 10.1. The van der Waals surface area contributed by atoms with Gasteiger partial charge in [-0.05, 0) is 118 Å². The number of hydrogen-bond donors (Lipinski definition) is 2. The topological polar surface area (TPSA) is 155 Å². The molecule has 0 aliphatic carbocycles. The van der Waals surface area contributed by atoms with Crippen LogP contribution in [0.1, 0.15) is 158 Å². The molecule has 2 rings (SSSR count). The van der Waals surface area contributed by atoms with Gasteiger partial charge in [-0.15, -0.1) is 0 Å². The van der Waals surface area contributed by atoms with Crippen molar-refractivity contribution in [3.63, 3.8) is 0 Å². The predicted molar refractivity (Wildman–Crippen MR) is 234 cm³/mol. The fourth-order valence-corrected chi connectivity index (χ4v) is 6.34. The first-order valence-electron chi connectivity index (χ1n) is 21.7. The number of nitrogens with one attached hydrogen (secondary N) is 1. The van der Waals surface area contributed by atoms with Crippen molar-refractivity contribution in [3.05, 3.63) is 72.3 Å². The number of rotatable bonds is 25. The molecule has 0 saturated heterocycles. The Morgan fingerprint density at radius 3 is 1.75 bits per heavy atom. The van der Waals surface area contributed by atoms with Crippen molar-refractivity contribution in [2.24, 2.45) is 5.92 Å². The van der Waals surface area contributed by atoms with E-state index in [0.717, 1.165) is 38.5 Å². The van der Waals surface area contributed by atoms with Crippen molar-refractivity contribution in [2.75, 3.05) is 0 Å². The van der Waals surface area contributed by atoms with Crippen LogP contribution in [0.5, 0.6) is 11.5 Å². The zero-order valence-electron chi connectivity index (χ0n) is 38.0. The molecule has 0 aliphatic rings. The molecule has 2 aromatic rings. The minimum absolute atomic E-state index is 0.000989. The van der Waals surface area contributed by atoms with Gasteiger partial charge < -0.3 is 29.4 Å². The zero-order chi connectivity index (χ0) is 45.0. The lowest BCUT2D eigenvalue weighted by Gasteiger charge is -2.35. The summed E-state index contributed by atoms with van der Waals surface area (Å²) in [6.07, 6.45) is 12.6. The van der Waals surface area contributed by atoms with E-state index in [-0.39, 0.29) is 6.42 Å². The zero-order valence-corrected chi connectivity index (χ0v) is 38.0. The number of para-hydroxylation sites is 1. The van der Waals surface area contributed by atoms with Gasteiger partial charge in [0.1, 0.15) is 40.1 Å². The molecule has 0 aromatic heterocycles. The SMILES string of the molecule is CCCCCCCC(=O)CCCCCC/C=C/C(C(=O)N[C@@H](Cc1ccc(Oc2ccccc2)cc1)C(=O)OC(C)(C)C)C(O)(CC(=O)OC(C)(C)C)C(=O)OC(C)(C)C. The Kier molecular flexibility index (Phi) is 21.2. The average Bonchev–Trinajstić information content (AvgIpc) is 3.12. The maximum absolute atomic E-state index is 14.5. The Morgan fingerprint density at radius 2 is 1.20 bits per heavy atom. The number of benzene rings is 2. The molecule has 0 spiro atoms. The molecule has 0 fully saturated rings. The highest BCUT2D eigenvalue weighted by molar-refractivity contribution is 5.96. The smallest absolute Gasteiger partial charge is 0.340 e. The molecular weight excluding hydrogens is 763 g/mol. The number of ether oxygens (including phenoxy) is 4. The monoisotopic (exact) mass is 836 g/mol. The van der Waals surface area contributed by atoms with E-state index < -0.39 is 64.6 Å². The van der Waals surface area contributed by atoms with Gasteiger partial charge in [0, 0.05) is 19.3 Å². The Bertz CT molecular complexity index is 1660. The van der Waals surface area contributed by atoms with Gasteiger partial charge in [0.25, 0.3) is 0 Å². The minimum Gasteiger partial charge on any atom is -0.460 e. The van der Waals surface area contributed by atoms with Gasteiger partial charge in [-0.1, -0.05) is 87.9 Å². The van der Waals surface area contributed by atoms with Crippen molar-refractivity contribution in [3.8, 4) is 11.5 Å². The average molecular weight is 836 g/mol. The molecule has 0 heterocycles. The van der Waals surface area contributed by atoms with E-state index in [0.29, 0.717) is 42.1 Å². The van der Waals surface area contributed by atoms with Gasteiger partial charge in [-0.2, -0.15) is 0 Å². The number of Topliss-reactive ketones (excluding diaryl/α,β-unsaturated/α-hetero) is 1. The van der Waals surface area contributed by atoms with E-state index in [1.165, 1.54) is 25.3 Å². The summed E-state index contributed by atoms with van der Waals surface area (Å²) >= 11 is 0. The lowest BCUT2D eigenvalue weighted by Crippen LogP contribution is -2.57. The van der Waals surface area contributed by atoms with Gasteiger partial charge >= 0.3 is 17.9 Å². The summed E-state index contributed by atoms with van der Waals surface area (Å²) < 4.78 is 22.8. The highest BCUT2D eigenvalue weighted by Crippen LogP contribution is 2.31. The molecule has 60 heavy (non-hydrogen) atoms. The molecular formula is C49H73NO10. The van der Waals surface area contributed by atoms with Crippen LogP contribution in [-0.4, -0.2) is 63.2 Å². The molecule has 2 unspecified atom stereocenters. The Balaban J connectivity index is 2.38. The molecule has 0 aliphatic heterocycles. The number of aliphatic hydroxyl groups is 1. The molecule has 1 amide bonds. The largest absolute Gasteiger partial charge is 0.460 e. The first kappa shape index (κ1) is 51.6. The third-order valence-corrected chi connectivity index (χ3v) is 9.20. The summed E-state index contributed by atoms with van der Waals surface area (Å²) in [7, 11) is 0. The van der Waals surface area contributed by atoms with Crippen LogP contribution in [-0.2, 0) is 44.6 Å². The summed E-state index contributed by atoms with van der Waals surface area (Å²) in [6, 6.07) is 15.0. The summed E-state index contributed by atoms with van der Waals surface area (Å²) in [4.78, 5) is 67.8. The van der Waals surface area contributed by atoms with Crippen LogP contribution in [0.25, 0.3) is 0 Å². The van der Waals surface area contributed by atoms with Crippen LogP contribution in [0.3, 0.4) is 0 Å². The van der Waals surface area contributed by atoms with Crippen molar-refractivity contribution in [1.29, 1.82) is 0 Å². The van der Waals surface area contributed by atoms with Crippen LogP contribution in [0.4, 0.5) is 0 Å². The fraction of sp³-hybridized carbons (Fsp3) is 0.612. The second-order valence-corrected chi connectivity index (χ2v) is 18.6. The van der Waals surface area contributed by atoms with Gasteiger partial charge in [-0.3, -0.25) is 14.4 Å². The quantitative estimate of drug-likeness (QED) is 0.0427. The lowest BCUT2D eigenvalue weighted by molar-refractivity contribution is -0.190. The second kappa shape index (κ2) is 24.7. The molecule has 0 saturated carbocycles. The van der Waals surface area contributed by atoms with E-state index in [9.17, 15) is 29.1 Å². The van der Waals surface area contributed by atoms with Crippen LogP contribution >= 0.6 is 0 Å². The molecule has 11 nitrogen and oxygen atoms in total. The summed E-state index contributed by atoms with van der Waals surface area (Å²) in [5.74, 6) is -3.89. The van der Waals surface area contributed by atoms with Gasteiger partial charge in [0.05, 0.1) is 12.3 Å². The standard InChI is InChI=1S/C49H73NO10/c1-11-12-13-16-20-25-37(51)26-21-17-14-15-18-24-29-40(49(56,45(55)60-48(8,9)10)35-42(52)58-46(2,3)4)43(53)50-41(44(54)59-47(5,6)7)34-36-30-32-39(33-31-36)57-38-27-22-19-23-28-38/h19,22-24,27-33,40-41,56H,11-18,20-21,25-26,34-35H2,1-10H3,(H,50,53)/b29-24+/t40?,41-,49?/m0/s1. The molecule has 2 N–H and O–H groups in total. The minimum atomic E-state index is -2.72. The van der Waals surface area contributed by atoms with Crippen molar-refractivity contribution in [1.82, 2.24) is 5.32 Å². The van der Waals surface area contributed by atoms with Crippen molar-refractivity contribution < 1.29 is 48.0 Å². The summed E-state index contributed by atoms with van der Waals surface area (Å²) in [5, 5.41) is 15.0. The number of hydrogen-bond acceptors (Lipinski definition) is 10. The summed E-state index contributed by atoms with van der Waals surface area (Å²) in [5.41, 5.74) is -4.99. The van der Waals surface area contributed by atoms with Crippen molar-refractivity contribution in [2.45, 2.75) is 188 Å². The molecule has 0 bridgehead atoms. The Hall–Kier alpha value is -4.51. The molecule has 334 valence electrons. The van der Waals surface area contributed by atoms with Crippen molar-refractivity contribution >= 4 is 29.6 Å². The molecule has 11 heteroatoms. The first-order valence-corrected chi connectivity index (χ1v) is 21.7.